The van der Waals surface area contributed by atoms with Crippen molar-refractivity contribution < 1.29 is 9.53 Å². The molecule has 7 nitrogen and oxygen atoms in total. The lowest BCUT2D eigenvalue weighted by atomic mass is 9.96. The quantitative estimate of drug-likeness (QED) is 0.603. The van der Waals surface area contributed by atoms with E-state index in [9.17, 15) is 4.79 Å². The number of carbonyl (C=O) groups excluding carboxylic acids is 1. The number of rotatable bonds is 7. The number of hydrogen-bond acceptors (Lipinski definition) is 6. The first-order valence-electron chi connectivity index (χ1n) is 10.1. The summed E-state index contributed by atoms with van der Waals surface area (Å²) in [5, 5.41) is 8.64. The molecule has 2 aromatic heterocycles. The Morgan fingerprint density at radius 1 is 1.28 bits per heavy atom. The SMILES string of the molecule is CCc1ccc(-c2cn3nc(N4CCC(C(=O)NCCOC)CC4)sc3n2)cc1. The van der Waals surface area contributed by atoms with Gasteiger partial charge in [-0.05, 0) is 24.8 Å². The fraction of sp³-hybridized carbons (Fsp3) is 0.476. The first-order chi connectivity index (χ1) is 14.2. The third-order valence-corrected chi connectivity index (χ3v) is 6.42. The molecule has 1 amide bonds. The minimum atomic E-state index is 0.0739. The lowest BCUT2D eigenvalue weighted by Crippen LogP contribution is -2.41. The van der Waals surface area contributed by atoms with E-state index in [1.54, 1.807) is 18.4 Å². The Morgan fingerprint density at radius 2 is 2.03 bits per heavy atom. The zero-order chi connectivity index (χ0) is 20.2. The van der Waals surface area contributed by atoms with Crippen LogP contribution in [-0.4, -0.2) is 53.9 Å². The van der Waals surface area contributed by atoms with Gasteiger partial charge in [0.25, 0.3) is 0 Å². The highest BCUT2D eigenvalue weighted by atomic mass is 32.1. The third kappa shape index (κ3) is 4.43. The largest absolute Gasteiger partial charge is 0.383 e. The second-order valence-electron chi connectivity index (χ2n) is 7.33. The number of carbonyl (C=O) groups is 1. The summed E-state index contributed by atoms with van der Waals surface area (Å²) in [7, 11) is 1.64. The summed E-state index contributed by atoms with van der Waals surface area (Å²) in [6.45, 7) is 4.95. The number of ether oxygens (including phenoxy) is 1. The Hall–Kier alpha value is -2.45. The van der Waals surface area contributed by atoms with Gasteiger partial charge in [-0.15, -0.1) is 5.10 Å². The molecule has 154 valence electrons. The monoisotopic (exact) mass is 413 g/mol. The number of fused-ring (bicyclic) bond motifs is 1. The van der Waals surface area contributed by atoms with Crippen molar-refractivity contribution in [3.63, 3.8) is 0 Å². The molecule has 3 heterocycles. The van der Waals surface area contributed by atoms with Crippen molar-refractivity contribution in [2.24, 2.45) is 5.92 Å². The van der Waals surface area contributed by atoms with Gasteiger partial charge in [-0.25, -0.2) is 9.50 Å². The Morgan fingerprint density at radius 3 is 2.69 bits per heavy atom. The summed E-state index contributed by atoms with van der Waals surface area (Å²) in [6.07, 6.45) is 4.72. The molecule has 1 aromatic carbocycles. The minimum Gasteiger partial charge on any atom is -0.383 e. The van der Waals surface area contributed by atoms with Gasteiger partial charge in [0.2, 0.25) is 16.0 Å². The van der Waals surface area contributed by atoms with E-state index in [0.717, 1.165) is 53.7 Å². The van der Waals surface area contributed by atoms with Crippen LogP contribution in [-0.2, 0) is 16.0 Å². The number of benzene rings is 1. The molecule has 0 spiro atoms. The molecule has 8 heteroatoms. The summed E-state index contributed by atoms with van der Waals surface area (Å²) < 4.78 is 6.85. The van der Waals surface area contributed by atoms with Gasteiger partial charge in [0.1, 0.15) is 0 Å². The predicted molar refractivity (Wildman–Crippen MR) is 116 cm³/mol. The zero-order valence-electron chi connectivity index (χ0n) is 16.9. The fourth-order valence-corrected chi connectivity index (χ4v) is 4.56. The molecular formula is C21H27N5O2S. The van der Waals surface area contributed by atoms with E-state index >= 15 is 0 Å². The van der Waals surface area contributed by atoms with Crippen LogP contribution in [0.3, 0.4) is 0 Å². The number of imidazole rings is 1. The van der Waals surface area contributed by atoms with Gasteiger partial charge in [-0.2, -0.15) is 0 Å². The molecule has 3 aromatic rings. The van der Waals surface area contributed by atoms with Crippen molar-refractivity contribution in [3.05, 3.63) is 36.0 Å². The Labute approximate surface area is 174 Å². The second kappa shape index (κ2) is 8.92. The lowest BCUT2D eigenvalue weighted by molar-refractivity contribution is -0.125. The molecule has 0 unspecified atom stereocenters. The number of aromatic nitrogens is 3. The van der Waals surface area contributed by atoms with Crippen molar-refractivity contribution in [1.82, 2.24) is 19.9 Å². The molecular weight excluding hydrogens is 386 g/mol. The molecule has 0 aliphatic carbocycles. The van der Waals surface area contributed by atoms with Gasteiger partial charge < -0.3 is 15.0 Å². The summed E-state index contributed by atoms with van der Waals surface area (Å²) in [5.74, 6) is 0.208. The van der Waals surface area contributed by atoms with Crippen LogP contribution in [0.4, 0.5) is 5.13 Å². The van der Waals surface area contributed by atoms with E-state index in [2.05, 4.69) is 41.4 Å². The van der Waals surface area contributed by atoms with Crippen molar-refractivity contribution in [2.45, 2.75) is 26.2 Å². The molecule has 0 bridgehead atoms. The van der Waals surface area contributed by atoms with Gasteiger partial charge in [0.05, 0.1) is 18.5 Å². The van der Waals surface area contributed by atoms with Crippen LogP contribution in [0.1, 0.15) is 25.3 Å². The first kappa shape index (κ1) is 19.8. The molecule has 1 N–H and O–H groups in total. The van der Waals surface area contributed by atoms with Gasteiger partial charge in [0, 0.05) is 38.2 Å². The number of piperidine rings is 1. The van der Waals surface area contributed by atoms with E-state index in [4.69, 9.17) is 14.8 Å². The van der Waals surface area contributed by atoms with Crippen LogP contribution in [0, 0.1) is 5.92 Å². The summed E-state index contributed by atoms with van der Waals surface area (Å²) in [6, 6.07) is 8.54. The fourth-order valence-electron chi connectivity index (χ4n) is 3.62. The molecule has 0 radical (unpaired) electrons. The normalized spacial score (nSPS) is 15.2. The maximum Gasteiger partial charge on any atom is 0.223 e. The molecule has 29 heavy (non-hydrogen) atoms. The Kier molecular flexibility index (Phi) is 6.10. The average molecular weight is 414 g/mol. The van der Waals surface area contributed by atoms with Gasteiger partial charge in [0.15, 0.2) is 0 Å². The van der Waals surface area contributed by atoms with Crippen LogP contribution in [0.15, 0.2) is 30.5 Å². The Balaban J connectivity index is 1.38. The van der Waals surface area contributed by atoms with Crippen LogP contribution < -0.4 is 10.2 Å². The predicted octanol–water partition coefficient (Wildman–Crippen LogP) is 3.00. The molecule has 1 fully saturated rings. The van der Waals surface area contributed by atoms with E-state index in [0.29, 0.717) is 13.2 Å². The smallest absolute Gasteiger partial charge is 0.223 e. The second-order valence-corrected chi connectivity index (χ2v) is 8.27. The molecule has 1 saturated heterocycles. The maximum absolute atomic E-state index is 12.2. The van der Waals surface area contributed by atoms with E-state index in [1.807, 2.05) is 10.7 Å². The highest BCUT2D eigenvalue weighted by Gasteiger charge is 2.26. The van der Waals surface area contributed by atoms with Gasteiger partial charge in [-0.3, -0.25) is 4.79 Å². The van der Waals surface area contributed by atoms with Crippen LogP contribution in [0.25, 0.3) is 16.2 Å². The van der Waals surface area contributed by atoms with E-state index in [1.165, 1.54) is 5.56 Å². The number of nitrogens with one attached hydrogen (secondary N) is 1. The zero-order valence-corrected chi connectivity index (χ0v) is 17.7. The van der Waals surface area contributed by atoms with E-state index in [-0.39, 0.29) is 11.8 Å². The van der Waals surface area contributed by atoms with Crippen LogP contribution >= 0.6 is 11.3 Å². The third-order valence-electron chi connectivity index (χ3n) is 5.43. The van der Waals surface area contributed by atoms with Gasteiger partial charge in [-0.1, -0.05) is 42.5 Å². The topological polar surface area (TPSA) is 71.8 Å². The van der Waals surface area contributed by atoms with Crippen molar-refractivity contribution in [3.8, 4) is 11.3 Å². The average Bonchev–Trinajstić information content (AvgIpc) is 3.33. The molecule has 1 aliphatic heterocycles. The summed E-state index contributed by atoms with van der Waals surface area (Å²) in [5.41, 5.74) is 3.39. The number of nitrogens with zero attached hydrogens (tertiary/aromatic N) is 4. The highest BCUT2D eigenvalue weighted by Crippen LogP contribution is 2.29. The molecule has 0 atom stereocenters. The van der Waals surface area contributed by atoms with Crippen molar-refractivity contribution in [1.29, 1.82) is 0 Å². The molecule has 0 saturated carbocycles. The number of methoxy groups -OCH3 is 1. The Bertz CT molecular complexity index is 926. The van der Waals surface area contributed by atoms with E-state index < -0.39 is 0 Å². The summed E-state index contributed by atoms with van der Waals surface area (Å²) in [4.78, 5) is 20.1. The number of anilines is 1. The number of aryl methyl sites for hydroxylation is 1. The van der Waals surface area contributed by atoms with Crippen LogP contribution in [0.5, 0.6) is 0 Å². The van der Waals surface area contributed by atoms with Crippen LogP contribution in [0.2, 0.25) is 0 Å². The van der Waals surface area contributed by atoms with Gasteiger partial charge >= 0.3 is 0 Å². The maximum atomic E-state index is 12.2. The number of hydrogen-bond donors (Lipinski definition) is 1. The van der Waals surface area contributed by atoms with Crippen molar-refractivity contribution in [2.75, 3.05) is 38.3 Å². The lowest BCUT2D eigenvalue weighted by Gasteiger charge is -2.30. The minimum absolute atomic E-state index is 0.0739. The number of amides is 1. The highest BCUT2D eigenvalue weighted by molar-refractivity contribution is 7.20. The molecule has 1 aliphatic rings. The summed E-state index contributed by atoms with van der Waals surface area (Å²) >= 11 is 1.60. The standard InChI is InChI=1S/C21H27N5O2S/c1-3-15-4-6-16(7-5-15)18-14-26-20(23-18)29-21(24-26)25-11-8-17(9-12-25)19(27)22-10-13-28-2/h4-7,14,17H,3,8-13H2,1-2H3,(H,22,27). The van der Waals surface area contributed by atoms with Crippen molar-refractivity contribution >= 4 is 27.3 Å². The molecule has 4 rings (SSSR count). The first-order valence-corrected chi connectivity index (χ1v) is 11.0.